The number of carbonyl (C=O) groups excluding carboxylic acids is 2. The molecule has 1 saturated heterocycles. The van der Waals surface area contributed by atoms with Gasteiger partial charge in [-0.2, -0.15) is 0 Å². The molecule has 0 spiro atoms. The van der Waals surface area contributed by atoms with Crippen molar-refractivity contribution in [1.82, 2.24) is 9.88 Å². The Balaban J connectivity index is 1.85. The van der Waals surface area contributed by atoms with Gasteiger partial charge in [-0.3, -0.25) is 9.59 Å². The van der Waals surface area contributed by atoms with Gasteiger partial charge in [0.25, 0.3) is 0 Å². The number of amides is 2. The summed E-state index contributed by atoms with van der Waals surface area (Å²) in [4.78, 5) is 29.6. The van der Waals surface area contributed by atoms with E-state index in [1.54, 1.807) is 24.1 Å². The van der Waals surface area contributed by atoms with Crippen molar-refractivity contribution in [2.24, 2.45) is 5.92 Å². The monoisotopic (exact) mass is 307 g/mol. The normalized spacial score (nSPS) is 17.6. The molecule has 0 bridgehead atoms. The molecule has 1 N–H and O–H groups in total. The van der Waals surface area contributed by atoms with E-state index in [0.29, 0.717) is 37.9 Å². The summed E-state index contributed by atoms with van der Waals surface area (Å²) in [5, 5.41) is 2.78. The topological polar surface area (TPSA) is 80.8 Å². The number of aromatic nitrogens is 1. The highest BCUT2D eigenvalue weighted by Crippen LogP contribution is 2.20. The number of pyridine rings is 1. The Morgan fingerprint density at radius 1 is 1.45 bits per heavy atom. The molecule has 1 aromatic rings. The van der Waals surface area contributed by atoms with Crippen LogP contribution in [0.2, 0.25) is 0 Å². The first-order valence-corrected chi connectivity index (χ1v) is 7.30. The molecular weight excluding hydrogens is 286 g/mol. The Hall–Kier alpha value is -2.15. The number of rotatable bonds is 7. The molecule has 1 aliphatic heterocycles. The summed E-state index contributed by atoms with van der Waals surface area (Å²) in [5.41, 5.74) is 0.589. The van der Waals surface area contributed by atoms with Crippen LogP contribution in [0.1, 0.15) is 13.3 Å². The van der Waals surface area contributed by atoms with Gasteiger partial charge in [-0.25, -0.2) is 4.98 Å². The molecule has 1 aliphatic rings. The second kappa shape index (κ2) is 7.74. The second-order valence-electron chi connectivity index (χ2n) is 5.05. The quantitative estimate of drug-likeness (QED) is 0.757. The first kappa shape index (κ1) is 16.2. The third-order valence-electron chi connectivity index (χ3n) is 3.51. The van der Waals surface area contributed by atoms with Crippen LogP contribution in [0, 0.1) is 5.92 Å². The number of methoxy groups -OCH3 is 1. The van der Waals surface area contributed by atoms with Crippen LogP contribution in [0.4, 0.5) is 5.69 Å². The van der Waals surface area contributed by atoms with Gasteiger partial charge in [-0.15, -0.1) is 0 Å². The summed E-state index contributed by atoms with van der Waals surface area (Å²) < 4.78 is 10.2. The van der Waals surface area contributed by atoms with E-state index in [1.807, 2.05) is 6.92 Å². The van der Waals surface area contributed by atoms with Gasteiger partial charge in [0.05, 0.1) is 24.4 Å². The summed E-state index contributed by atoms with van der Waals surface area (Å²) in [7, 11) is 1.60. The molecule has 7 nitrogen and oxygen atoms in total. The molecule has 120 valence electrons. The number of hydrogen-bond donors (Lipinski definition) is 1. The van der Waals surface area contributed by atoms with E-state index >= 15 is 0 Å². The minimum Gasteiger partial charge on any atom is -0.475 e. The van der Waals surface area contributed by atoms with E-state index in [2.05, 4.69) is 10.3 Å². The average Bonchev–Trinajstić information content (AvgIpc) is 2.90. The lowest BCUT2D eigenvalue weighted by Gasteiger charge is -2.13. The Labute approximate surface area is 129 Å². The van der Waals surface area contributed by atoms with Gasteiger partial charge in [0.1, 0.15) is 6.61 Å². The summed E-state index contributed by atoms with van der Waals surface area (Å²) in [5.74, 6) is 0.0511. The highest BCUT2D eigenvalue weighted by atomic mass is 16.5. The number of ether oxygens (including phenoxy) is 2. The molecule has 0 aromatic carbocycles. The number of anilines is 1. The smallest absolute Gasteiger partial charge is 0.229 e. The number of nitrogens with zero attached hydrogens (tertiary/aromatic N) is 2. The first-order chi connectivity index (χ1) is 10.6. The van der Waals surface area contributed by atoms with Crippen LogP contribution in [0.15, 0.2) is 18.3 Å². The fourth-order valence-electron chi connectivity index (χ4n) is 2.27. The van der Waals surface area contributed by atoms with E-state index < -0.39 is 0 Å². The van der Waals surface area contributed by atoms with Crippen molar-refractivity contribution >= 4 is 17.5 Å². The molecule has 1 fully saturated rings. The van der Waals surface area contributed by atoms with Gasteiger partial charge >= 0.3 is 0 Å². The zero-order valence-electron chi connectivity index (χ0n) is 12.9. The van der Waals surface area contributed by atoms with E-state index in [9.17, 15) is 9.59 Å². The Kier molecular flexibility index (Phi) is 5.71. The van der Waals surface area contributed by atoms with Crippen molar-refractivity contribution in [2.45, 2.75) is 13.3 Å². The predicted octanol–water partition coefficient (Wildman–Crippen LogP) is 0.914. The van der Waals surface area contributed by atoms with Crippen LogP contribution in [0.5, 0.6) is 5.88 Å². The van der Waals surface area contributed by atoms with Crippen molar-refractivity contribution in [1.29, 1.82) is 0 Å². The maximum Gasteiger partial charge on any atom is 0.229 e. The molecular formula is C15H21N3O4. The minimum atomic E-state index is -0.301. The summed E-state index contributed by atoms with van der Waals surface area (Å²) >= 11 is 0. The zero-order valence-corrected chi connectivity index (χ0v) is 12.9. The lowest BCUT2D eigenvalue weighted by atomic mass is 10.1. The van der Waals surface area contributed by atoms with Crippen LogP contribution in [-0.2, 0) is 14.3 Å². The number of likely N-dealkylation sites (tertiary alicyclic amines) is 1. The highest BCUT2D eigenvalue weighted by molar-refractivity contribution is 5.97. The van der Waals surface area contributed by atoms with Crippen molar-refractivity contribution in [2.75, 3.05) is 38.7 Å². The second-order valence-corrected chi connectivity index (χ2v) is 5.05. The summed E-state index contributed by atoms with van der Waals surface area (Å²) in [6.07, 6.45) is 1.81. The number of nitrogens with one attached hydrogen (secondary N) is 1. The first-order valence-electron chi connectivity index (χ1n) is 7.30. The largest absolute Gasteiger partial charge is 0.475 e. The van der Waals surface area contributed by atoms with Crippen molar-refractivity contribution in [3.05, 3.63) is 18.3 Å². The third kappa shape index (κ3) is 4.17. The minimum absolute atomic E-state index is 0.0302. The Bertz CT molecular complexity index is 518. The van der Waals surface area contributed by atoms with E-state index in [-0.39, 0.29) is 24.2 Å². The maximum atomic E-state index is 12.2. The maximum absolute atomic E-state index is 12.2. The van der Waals surface area contributed by atoms with Gasteiger partial charge in [-0.1, -0.05) is 0 Å². The van der Waals surface area contributed by atoms with Gasteiger partial charge in [0.2, 0.25) is 17.7 Å². The number of hydrogen-bond acceptors (Lipinski definition) is 5. The third-order valence-corrected chi connectivity index (χ3v) is 3.51. The SMILES string of the molecule is CCN1CC(C(=O)Nc2ccc(OCCOC)nc2)CC1=O. The summed E-state index contributed by atoms with van der Waals surface area (Å²) in [6.45, 7) is 3.94. The van der Waals surface area contributed by atoms with Crippen molar-refractivity contribution < 1.29 is 19.1 Å². The molecule has 2 heterocycles. The van der Waals surface area contributed by atoms with Crippen molar-refractivity contribution in [3.63, 3.8) is 0 Å². The van der Waals surface area contributed by atoms with Gasteiger partial charge in [-0.05, 0) is 13.0 Å². The molecule has 1 aromatic heterocycles. The van der Waals surface area contributed by atoms with Crippen LogP contribution in [-0.4, -0.2) is 55.1 Å². The van der Waals surface area contributed by atoms with Crippen LogP contribution < -0.4 is 10.1 Å². The van der Waals surface area contributed by atoms with E-state index in [0.717, 1.165) is 0 Å². The molecule has 2 amide bonds. The molecule has 22 heavy (non-hydrogen) atoms. The Morgan fingerprint density at radius 3 is 2.86 bits per heavy atom. The molecule has 1 unspecified atom stereocenters. The lowest BCUT2D eigenvalue weighted by molar-refractivity contribution is -0.128. The molecule has 7 heteroatoms. The standard InChI is InChI=1S/C15H21N3O4/c1-3-18-10-11(8-14(18)19)15(20)17-12-4-5-13(16-9-12)22-7-6-21-2/h4-5,9,11H,3,6-8,10H2,1-2H3,(H,17,20). The van der Waals surface area contributed by atoms with Crippen molar-refractivity contribution in [3.8, 4) is 5.88 Å². The van der Waals surface area contributed by atoms with Gasteiger partial charge in [0, 0.05) is 32.7 Å². The van der Waals surface area contributed by atoms with Crippen LogP contribution in [0.3, 0.4) is 0 Å². The molecule has 0 aliphatic carbocycles. The predicted molar refractivity (Wildman–Crippen MR) is 80.6 cm³/mol. The molecule has 1 atom stereocenters. The van der Waals surface area contributed by atoms with E-state index in [4.69, 9.17) is 9.47 Å². The van der Waals surface area contributed by atoms with Gasteiger partial charge in [0.15, 0.2) is 0 Å². The lowest BCUT2D eigenvalue weighted by Crippen LogP contribution is -2.28. The van der Waals surface area contributed by atoms with Gasteiger partial charge < -0.3 is 19.7 Å². The molecule has 0 saturated carbocycles. The average molecular weight is 307 g/mol. The fourth-order valence-corrected chi connectivity index (χ4v) is 2.27. The zero-order chi connectivity index (χ0) is 15.9. The molecule has 0 radical (unpaired) electrons. The van der Waals surface area contributed by atoms with E-state index in [1.165, 1.54) is 6.20 Å². The summed E-state index contributed by atoms with van der Waals surface area (Å²) in [6, 6.07) is 3.41. The van der Waals surface area contributed by atoms with Crippen LogP contribution in [0.25, 0.3) is 0 Å². The highest BCUT2D eigenvalue weighted by Gasteiger charge is 2.33. The number of carbonyl (C=O) groups is 2. The Morgan fingerprint density at radius 2 is 2.27 bits per heavy atom. The molecule has 2 rings (SSSR count). The van der Waals surface area contributed by atoms with Crippen LogP contribution >= 0.6 is 0 Å². The fraction of sp³-hybridized carbons (Fsp3) is 0.533.